The lowest BCUT2D eigenvalue weighted by atomic mass is 10.1. The number of rotatable bonds is 5. The van der Waals surface area contributed by atoms with E-state index in [0.717, 1.165) is 41.3 Å². The molecule has 0 aliphatic carbocycles. The predicted octanol–water partition coefficient (Wildman–Crippen LogP) is 2.24. The van der Waals surface area contributed by atoms with Crippen molar-refractivity contribution >= 4 is 5.82 Å². The Morgan fingerprint density at radius 2 is 2.03 bits per heavy atom. The van der Waals surface area contributed by atoms with Gasteiger partial charge in [-0.2, -0.15) is 4.98 Å². The summed E-state index contributed by atoms with van der Waals surface area (Å²) in [7, 11) is 0. The molecule has 144 valence electrons. The molecule has 5 rings (SSSR count). The number of nitrogens with one attached hydrogen (secondary N) is 2. The zero-order valence-corrected chi connectivity index (χ0v) is 15.5. The molecule has 4 aromatic rings. The molecule has 9 heteroatoms. The number of pyridine rings is 2. The molecule has 0 unspecified atom stereocenters. The van der Waals surface area contributed by atoms with E-state index in [9.17, 15) is 0 Å². The van der Waals surface area contributed by atoms with E-state index in [-0.39, 0.29) is 0 Å². The third-order valence-electron chi connectivity index (χ3n) is 4.63. The first kappa shape index (κ1) is 17.4. The average Bonchev–Trinajstić information content (AvgIpc) is 3.27. The Hall–Kier alpha value is -3.72. The number of hydrogen-bond acceptors (Lipinski definition) is 9. The average molecular weight is 386 g/mol. The Kier molecular flexibility index (Phi) is 4.63. The fraction of sp³-hybridized carbons (Fsp3) is 0.200. The standard InChI is InChI=1S/C20H18N8O/c1-2-8-23-15(5-1)20-25-16-11-22-9-6-14(16)19(27-20)24-12-17-26-18(28-29-17)13-4-3-7-21-10-13/h1-5,7-8,10,22H,6,9,11-12H2,(H,24,25,27). The van der Waals surface area contributed by atoms with Crippen LogP contribution in [0.3, 0.4) is 0 Å². The molecule has 0 radical (unpaired) electrons. The maximum Gasteiger partial charge on any atom is 0.246 e. The summed E-state index contributed by atoms with van der Waals surface area (Å²) < 4.78 is 5.38. The second kappa shape index (κ2) is 7.72. The molecule has 0 atom stereocenters. The first-order valence-corrected chi connectivity index (χ1v) is 9.35. The molecule has 0 saturated heterocycles. The molecule has 5 heterocycles. The molecule has 1 aliphatic rings. The van der Waals surface area contributed by atoms with Crippen molar-refractivity contribution in [1.82, 2.24) is 35.4 Å². The van der Waals surface area contributed by atoms with Crippen LogP contribution >= 0.6 is 0 Å². The SMILES string of the molecule is c1ccc(-c2nc3c(c(NCc4nc(-c5cccnc5)no4)n2)CCNC3)nc1. The van der Waals surface area contributed by atoms with E-state index in [1.54, 1.807) is 18.6 Å². The van der Waals surface area contributed by atoms with Gasteiger partial charge < -0.3 is 15.2 Å². The van der Waals surface area contributed by atoms with Crippen molar-refractivity contribution in [1.29, 1.82) is 0 Å². The number of nitrogens with zero attached hydrogens (tertiary/aromatic N) is 6. The lowest BCUT2D eigenvalue weighted by Gasteiger charge is -2.20. The summed E-state index contributed by atoms with van der Waals surface area (Å²) in [6, 6.07) is 9.43. The molecule has 2 N–H and O–H groups in total. The first-order valence-electron chi connectivity index (χ1n) is 9.35. The maximum atomic E-state index is 5.38. The van der Waals surface area contributed by atoms with Crippen LogP contribution in [0.5, 0.6) is 0 Å². The van der Waals surface area contributed by atoms with E-state index >= 15 is 0 Å². The number of aromatic nitrogens is 6. The van der Waals surface area contributed by atoms with Crippen molar-refractivity contribution in [3.05, 3.63) is 66.1 Å². The van der Waals surface area contributed by atoms with E-state index in [1.807, 2.05) is 30.3 Å². The molecule has 9 nitrogen and oxygen atoms in total. The molecule has 0 bridgehead atoms. The van der Waals surface area contributed by atoms with E-state index < -0.39 is 0 Å². The summed E-state index contributed by atoms with van der Waals surface area (Å²) in [6.45, 7) is 1.96. The van der Waals surface area contributed by atoms with E-state index in [1.165, 1.54) is 0 Å². The van der Waals surface area contributed by atoms with Crippen molar-refractivity contribution in [2.24, 2.45) is 0 Å². The highest BCUT2D eigenvalue weighted by Gasteiger charge is 2.19. The van der Waals surface area contributed by atoms with Gasteiger partial charge in [-0.05, 0) is 37.2 Å². The minimum Gasteiger partial charge on any atom is -0.361 e. The van der Waals surface area contributed by atoms with Gasteiger partial charge in [0.2, 0.25) is 11.7 Å². The zero-order valence-electron chi connectivity index (χ0n) is 15.5. The van der Waals surface area contributed by atoms with Gasteiger partial charge in [-0.3, -0.25) is 9.97 Å². The minimum atomic E-state index is 0.367. The number of anilines is 1. The van der Waals surface area contributed by atoms with Crippen molar-refractivity contribution < 1.29 is 4.52 Å². The van der Waals surface area contributed by atoms with Crippen molar-refractivity contribution in [2.45, 2.75) is 19.5 Å². The predicted molar refractivity (Wildman–Crippen MR) is 106 cm³/mol. The third-order valence-corrected chi connectivity index (χ3v) is 4.63. The van der Waals surface area contributed by atoms with Crippen LogP contribution < -0.4 is 10.6 Å². The highest BCUT2D eigenvalue weighted by molar-refractivity contribution is 5.57. The number of fused-ring (bicyclic) bond motifs is 1. The van der Waals surface area contributed by atoms with Crippen LogP contribution in [0, 0.1) is 0 Å². The smallest absolute Gasteiger partial charge is 0.246 e. The highest BCUT2D eigenvalue weighted by Crippen LogP contribution is 2.24. The van der Waals surface area contributed by atoms with Crippen LogP contribution in [-0.4, -0.2) is 36.6 Å². The summed E-state index contributed by atoms with van der Waals surface area (Å²) in [6.07, 6.45) is 6.00. The Morgan fingerprint density at radius 1 is 1.03 bits per heavy atom. The van der Waals surface area contributed by atoms with Crippen LogP contribution in [0.15, 0.2) is 53.4 Å². The van der Waals surface area contributed by atoms with Gasteiger partial charge in [0.15, 0.2) is 5.82 Å². The summed E-state index contributed by atoms with van der Waals surface area (Å²) >= 11 is 0. The fourth-order valence-electron chi connectivity index (χ4n) is 3.21. The van der Waals surface area contributed by atoms with Gasteiger partial charge in [0.1, 0.15) is 11.5 Å². The van der Waals surface area contributed by atoms with Gasteiger partial charge in [-0.1, -0.05) is 11.2 Å². The summed E-state index contributed by atoms with van der Waals surface area (Å²) in [5, 5.41) is 10.7. The van der Waals surface area contributed by atoms with Crippen LogP contribution in [0.1, 0.15) is 17.1 Å². The van der Waals surface area contributed by atoms with Crippen LogP contribution in [0.4, 0.5) is 5.82 Å². The molecule has 0 aromatic carbocycles. The normalized spacial score (nSPS) is 13.1. The first-order chi connectivity index (χ1) is 14.4. The van der Waals surface area contributed by atoms with E-state index in [2.05, 4.69) is 30.7 Å². The molecule has 1 aliphatic heterocycles. The summed E-state index contributed by atoms with van der Waals surface area (Å²) in [5.41, 5.74) is 3.64. The van der Waals surface area contributed by atoms with Gasteiger partial charge in [-0.15, -0.1) is 0 Å². The third kappa shape index (κ3) is 3.67. The Balaban J connectivity index is 1.41. The van der Waals surface area contributed by atoms with Gasteiger partial charge >= 0.3 is 0 Å². The topological polar surface area (TPSA) is 115 Å². The number of hydrogen-bond donors (Lipinski definition) is 2. The fourth-order valence-corrected chi connectivity index (χ4v) is 3.21. The van der Waals surface area contributed by atoms with Crippen LogP contribution in [0.2, 0.25) is 0 Å². The monoisotopic (exact) mass is 386 g/mol. The van der Waals surface area contributed by atoms with Crippen molar-refractivity contribution in [2.75, 3.05) is 11.9 Å². The Labute approximate surface area is 166 Å². The summed E-state index contributed by atoms with van der Waals surface area (Å²) in [5.74, 6) is 2.36. The van der Waals surface area contributed by atoms with Crippen molar-refractivity contribution in [3.63, 3.8) is 0 Å². The van der Waals surface area contributed by atoms with Gasteiger partial charge in [0, 0.05) is 36.3 Å². The lowest BCUT2D eigenvalue weighted by molar-refractivity contribution is 0.384. The van der Waals surface area contributed by atoms with Crippen molar-refractivity contribution in [3.8, 4) is 22.9 Å². The van der Waals surface area contributed by atoms with Crippen LogP contribution in [-0.2, 0) is 19.5 Å². The minimum absolute atomic E-state index is 0.367. The highest BCUT2D eigenvalue weighted by atomic mass is 16.5. The second-order valence-electron chi connectivity index (χ2n) is 6.57. The summed E-state index contributed by atoms with van der Waals surface area (Å²) in [4.78, 5) is 22.3. The second-order valence-corrected chi connectivity index (χ2v) is 6.57. The molecule has 0 spiro atoms. The maximum absolute atomic E-state index is 5.38. The van der Waals surface area contributed by atoms with Gasteiger partial charge in [0.25, 0.3) is 0 Å². The molecule has 29 heavy (non-hydrogen) atoms. The van der Waals surface area contributed by atoms with Crippen LogP contribution in [0.25, 0.3) is 22.9 Å². The quantitative estimate of drug-likeness (QED) is 0.533. The molecule has 0 saturated carbocycles. The van der Waals surface area contributed by atoms with E-state index in [4.69, 9.17) is 14.5 Å². The van der Waals surface area contributed by atoms with Gasteiger partial charge in [0.05, 0.1) is 12.2 Å². The molecule has 4 aromatic heterocycles. The van der Waals surface area contributed by atoms with E-state index in [0.29, 0.717) is 30.6 Å². The Bertz CT molecular complexity index is 1110. The lowest BCUT2D eigenvalue weighted by Crippen LogP contribution is -2.26. The Morgan fingerprint density at radius 3 is 2.90 bits per heavy atom. The molecular formula is C20H18N8O. The zero-order chi connectivity index (χ0) is 19.5. The van der Waals surface area contributed by atoms with Gasteiger partial charge in [-0.25, -0.2) is 9.97 Å². The largest absolute Gasteiger partial charge is 0.361 e. The molecule has 0 fully saturated rings. The molecule has 0 amide bonds. The molecular weight excluding hydrogens is 368 g/mol.